The molecule has 0 unspecified atom stereocenters. The molecule has 0 heterocycles. The first-order valence-corrected chi connectivity index (χ1v) is 8.46. The molecule has 0 saturated carbocycles. The number of ketones is 1. The Morgan fingerprint density at radius 2 is 2.00 bits per heavy atom. The summed E-state index contributed by atoms with van der Waals surface area (Å²) in [5.41, 5.74) is 3.61. The van der Waals surface area contributed by atoms with Crippen molar-refractivity contribution >= 4 is 23.5 Å². The first kappa shape index (κ1) is 16.6. The first-order valence-electron chi connectivity index (χ1n) is 7.93. The number of methoxy groups -OCH3 is 1. The second-order valence-corrected chi connectivity index (χ2v) is 6.01. The molecule has 0 amide bonds. The monoisotopic (exact) mass is 342 g/mol. The van der Waals surface area contributed by atoms with Crippen LogP contribution < -0.4 is 9.47 Å². The van der Waals surface area contributed by atoms with Gasteiger partial charge in [-0.25, -0.2) is 0 Å². The summed E-state index contributed by atoms with van der Waals surface area (Å²) in [6.07, 6.45) is 3.36. The van der Waals surface area contributed by atoms with E-state index in [0.717, 1.165) is 28.7 Å². The Balaban J connectivity index is 1.85. The Labute approximate surface area is 146 Å². The van der Waals surface area contributed by atoms with Crippen LogP contribution in [0.3, 0.4) is 0 Å². The molecule has 0 N–H and O–H groups in total. The molecule has 4 heteroatoms. The summed E-state index contributed by atoms with van der Waals surface area (Å²) in [4.78, 5) is 12.5. The van der Waals surface area contributed by atoms with Gasteiger partial charge in [0.05, 0.1) is 13.7 Å². The van der Waals surface area contributed by atoms with E-state index in [1.54, 1.807) is 7.11 Å². The third-order valence-corrected chi connectivity index (χ3v) is 4.27. The number of fused-ring (bicyclic) bond motifs is 1. The molecule has 0 aliphatic heterocycles. The standard InChI is InChI=1S/C20H19ClO3/c1-23-18-8-7-14(12-19(18)24-10-4-9-21)11-16-13-15-5-2-3-6-17(15)20(16)22/h2-3,5-8,11-12H,4,9-10,13H2,1H3/b16-11+. The van der Waals surface area contributed by atoms with Crippen LogP contribution in [-0.4, -0.2) is 25.4 Å². The minimum Gasteiger partial charge on any atom is -0.493 e. The van der Waals surface area contributed by atoms with Gasteiger partial charge in [-0.1, -0.05) is 30.3 Å². The van der Waals surface area contributed by atoms with E-state index in [9.17, 15) is 4.79 Å². The Morgan fingerprint density at radius 3 is 2.75 bits per heavy atom. The Hall–Kier alpha value is -2.26. The maximum Gasteiger partial charge on any atom is 0.189 e. The Kier molecular flexibility index (Phi) is 5.21. The largest absolute Gasteiger partial charge is 0.493 e. The third-order valence-electron chi connectivity index (χ3n) is 4.00. The third kappa shape index (κ3) is 3.46. The Bertz CT molecular complexity index is 780. The zero-order chi connectivity index (χ0) is 16.9. The van der Waals surface area contributed by atoms with Crippen LogP contribution in [-0.2, 0) is 6.42 Å². The van der Waals surface area contributed by atoms with Crippen molar-refractivity contribution in [2.45, 2.75) is 12.8 Å². The number of benzene rings is 2. The van der Waals surface area contributed by atoms with Crippen LogP contribution in [0.2, 0.25) is 0 Å². The maximum atomic E-state index is 12.5. The molecule has 2 aromatic carbocycles. The van der Waals surface area contributed by atoms with E-state index in [1.807, 2.05) is 48.5 Å². The molecule has 1 aliphatic carbocycles. The van der Waals surface area contributed by atoms with Crippen molar-refractivity contribution in [2.24, 2.45) is 0 Å². The fourth-order valence-corrected chi connectivity index (χ4v) is 2.91. The molecule has 0 spiro atoms. The molecular weight excluding hydrogens is 324 g/mol. The molecule has 0 bridgehead atoms. The van der Waals surface area contributed by atoms with Crippen LogP contribution in [0.4, 0.5) is 0 Å². The van der Waals surface area contributed by atoms with Crippen LogP contribution in [0.15, 0.2) is 48.0 Å². The zero-order valence-corrected chi connectivity index (χ0v) is 14.3. The van der Waals surface area contributed by atoms with Gasteiger partial charge in [-0.15, -0.1) is 11.6 Å². The number of carbonyl (C=O) groups excluding carboxylic acids is 1. The van der Waals surface area contributed by atoms with Crippen molar-refractivity contribution in [1.82, 2.24) is 0 Å². The number of alkyl halides is 1. The molecule has 24 heavy (non-hydrogen) atoms. The van der Waals surface area contributed by atoms with Crippen LogP contribution in [0, 0.1) is 0 Å². The van der Waals surface area contributed by atoms with E-state index < -0.39 is 0 Å². The topological polar surface area (TPSA) is 35.5 Å². The quantitative estimate of drug-likeness (QED) is 0.439. The number of Topliss-reactive ketones (excluding diaryl/α,β-unsaturated/α-hetero) is 1. The number of carbonyl (C=O) groups is 1. The van der Waals surface area contributed by atoms with Crippen LogP contribution >= 0.6 is 11.6 Å². The van der Waals surface area contributed by atoms with E-state index in [4.69, 9.17) is 21.1 Å². The van der Waals surface area contributed by atoms with Crippen LogP contribution in [0.1, 0.15) is 27.9 Å². The number of hydrogen-bond acceptors (Lipinski definition) is 3. The van der Waals surface area contributed by atoms with Crippen LogP contribution in [0.25, 0.3) is 6.08 Å². The molecule has 124 valence electrons. The van der Waals surface area contributed by atoms with Gasteiger partial charge in [0, 0.05) is 23.4 Å². The van der Waals surface area contributed by atoms with E-state index >= 15 is 0 Å². The first-order chi connectivity index (χ1) is 11.7. The van der Waals surface area contributed by atoms with Crippen molar-refractivity contribution in [3.63, 3.8) is 0 Å². The maximum absolute atomic E-state index is 12.5. The number of allylic oxidation sites excluding steroid dienone is 1. The van der Waals surface area contributed by atoms with Gasteiger partial charge in [0.2, 0.25) is 0 Å². The van der Waals surface area contributed by atoms with Gasteiger partial charge >= 0.3 is 0 Å². The van der Waals surface area contributed by atoms with Gasteiger partial charge in [-0.2, -0.15) is 0 Å². The highest BCUT2D eigenvalue weighted by atomic mass is 35.5. The SMILES string of the molecule is COc1ccc(/C=C2\Cc3ccccc3C2=O)cc1OCCCCl. The molecule has 0 fully saturated rings. The van der Waals surface area contributed by atoms with Crippen molar-refractivity contribution in [3.8, 4) is 11.5 Å². The lowest BCUT2D eigenvalue weighted by atomic mass is 10.1. The molecule has 0 atom stereocenters. The normalized spacial score (nSPS) is 14.8. The second-order valence-electron chi connectivity index (χ2n) is 5.63. The molecule has 2 aromatic rings. The lowest BCUT2D eigenvalue weighted by Gasteiger charge is -2.11. The zero-order valence-electron chi connectivity index (χ0n) is 13.5. The highest BCUT2D eigenvalue weighted by Gasteiger charge is 2.23. The predicted octanol–water partition coefficient (Wildman–Crippen LogP) is 4.53. The van der Waals surface area contributed by atoms with Gasteiger partial charge in [0.25, 0.3) is 0 Å². The van der Waals surface area contributed by atoms with Crippen molar-refractivity contribution < 1.29 is 14.3 Å². The van der Waals surface area contributed by atoms with Crippen LogP contribution in [0.5, 0.6) is 11.5 Å². The lowest BCUT2D eigenvalue weighted by molar-refractivity contribution is 0.104. The summed E-state index contributed by atoms with van der Waals surface area (Å²) in [5.74, 6) is 2.00. The Morgan fingerprint density at radius 1 is 1.17 bits per heavy atom. The molecule has 1 aliphatic rings. The lowest BCUT2D eigenvalue weighted by Crippen LogP contribution is -2.00. The smallest absolute Gasteiger partial charge is 0.189 e. The average Bonchev–Trinajstić information content (AvgIpc) is 2.92. The fourth-order valence-electron chi connectivity index (χ4n) is 2.80. The molecule has 0 radical (unpaired) electrons. The van der Waals surface area contributed by atoms with Crippen molar-refractivity contribution in [2.75, 3.05) is 19.6 Å². The predicted molar refractivity (Wildman–Crippen MR) is 96.3 cm³/mol. The van der Waals surface area contributed by atoms with Gasteiger partial charge in [-0.3, -0.25) is 4.79 Å². The summed E-state index contributed by atoms with van der Waals surface area (Å²) in [5, 5.41) is 0. The summed E-state index contributed by atoms with van der Waals surface area (Å²) in [6.45, 7) is 0.532. The highest BCUT2D eigenvalue weighted by Crippen LogP contribution is 2.31. The molecule has 0 saturated heterocycles. The molecular formula is C20H19ClO3. The second kappa shape index (κ2) is 7.54. The molecule has 3 nitrogen and oxygen atoms in total. The van der Waals surface area contributed by atoms with E-state index in [-0.39, 0.29) is 5.78 Å². The van der Waals surface area contributed by atoms with Crippen molar-refractivity contribution in [3.05, 3.63) is 64.7 Å². The number of halogens is 1. The highest BCUT2D eigenvalue weighted by molar-refractivity contribution is 6.17. The summed E-state index contributed by atoms with van der Waals surface area (Å²) in [6, 6.07) is 13.4. The minimum absolute atomic E-state index is 0.103. The van der Waals surface area contributed by atoms with Crippen molar-refractivity contribution in [1.29, 1.82) is 0 Å². The summed E-state index contributed by atoms with van der Waals surface area (Å²) in [7, 11) is 1.61. The fraction of sp³-hybridized carbons (Fsp3) is 0.250. The van der Waals surface area contributed by atoms with Gasteiger partial charge in [0.15, 0.2) is 17.3 Å². The average molecular weight is 343 g/mol. The molecule has 3 rings (SSSR count). The van der Waals surface area contributed by atoms with E-state index in [0.29, 0.717) is 30.4 Å². The van der Waals surface area contributed by atoms with Gasteiger partial charge in [-0.05, 0) is 35.8 Å². The minimum atomic E-state index is 0.103. The summed E-state index contributed by atoms with van der Waals surface area (Å²) < 4.78 is 11.1. The van der Waals surface area contributed by atoms with Gasteiger partial charge < -0.3 is 9.47 Å². The number of ether oxygens (including phenoxy) is 2. The van der Waals surface area contributed by atoms with E-state index in [1.165, 1.54) is 0 Å². The van der Waals surface area contributed by atoms with E-state index in [2.05, 4.69) is 0 Å². The number of hydrogen-bond donors (Lipinski definition) is 0. The number of rotatable bonds is 6. The summed E-state index contributed by atoms with van der Waals surface area (Å²) >= 11 is 5.69. The van der Waals surface area contributed by atoms with Gasteiger partial charge in [0.1, 0.15) is 0 Å². The molecule has 0 aromatic heterocycles.